The molecule has 170 valence electrons. The number of urea groups is 1. The smallest absolute Gasteiger partial charge is 0.341 e. The molecular weight excluding hydrogens is 420 g/mol. The zero-order chi connectivity index (χ0) is 23.4. The number of rotatable bonds is 7. The van der Waals surface area contributed by atoms with Crippen LogP contribution in [0.2, 0.25) is 0 Å². The van der Waals surface area contributed by atoms with Crippen molar-refractivity contribution >= 4 is 17.7 Å². The average Bonchev–Trinajstić information content (AvgIpc) is 3.28. The van der Waals surface area contributed by atoms with Crippen molar-refractivity contribution in [2.75, 3.05) is 13.7 Å². The number of esters is 1. The summed E-state index contributed by atoms with van der Waals surface area (Å²) in [6, 6.07) is 16.1. The molecule has 0 saturated carbocycles. The van der Waals surface area contributed by atoms with Crippen LogP contribution in [0.3, 0.4) is 0 Å². The highest BCUT2D eigenvalue weighted by atomic mass is 16.5. The molecule has 2 aromatic carbocycles. The average molecular weight is 447 g/mol. The first-order valence-electron chi connectivity index (χ1n) is 10.8. The quantitative estimate of drug-likeness (QED) is 0.545. The molecule has 2 amide bonds. The van der Waals surface area contributed by atoms with Crippen LogP contribution in [0.25, 0.3) is 16.9 Å². The van der Waals surface area contributed by atoms with Crippen LogP contribution in [-0.2, 0) is 9.53 Å². The highest BCUT2D eigenvalue weighted by molar-refractivity contribution is 6.08. The fourth-order valence-corrected chi connectivity index (χ4v) is 3.89. The molecule has 2 heterocycles. The van der Waals surface area contributed by atoms with E-state index in [2.05, 4.69) is 17.2 Å². The third kappa shape index (κ3) is 4.64. The minimum absolute atomic E-state index is 0.400. The van der Waals surface area contributed by atoms with E-state index in [9.17, 15) is 9.59 Å². The second kappa shape index (κ2) is 9.68. The summed E-state index contributed by atoms with van der Waals surface area (Å²) in [6.07, 6.45) is 2.76. The number of nitrogens with one attached hydrogen (secondary N) is 1. The molecule has 4 rings (SSSR count). The van der Waals surface area contributed by atoms with Gasteiger partial charge in [0.1, 0.15) is 11.7 Å². The van der Waals surface area contributed by atoms with E-state index in [4.69, 9.17) is 14.6 Å². The van der Waals surface area contributed by atoms with Crippen molar-refractivity contribution in [3.63, 3.8) is 0 Å². The molecule has 2 unspecified atom stereocenters. The summed E-state index contributed by atoms with van der Waals surface area (Å²) in [7, 11) is 1.33. The monoisotopic (exact) mass is 446 g/mol. The first-order chi connectivity index (χ1) is 16.0. The number of methoxy groups -OCH3 is 1. The summed E-state index contributed by atoms with van der Waals surface area (Å²) in [5, 5.41) is 7.66. The molecule has 1 N–H and O–H groups in total. The number of aliphatic imine (C=N–C) groups is 1. The topological polar surface area (TPSA) is 94.8 Å². The first kappa shape index (κ1) is 22.3. The molecule has 8 nitrogen and oxygen atoms in total. The van der Waals surface area contributed by atoms with Crippen LogP contribution >= 0.6 is 0 Å². The Morgan fingerprint density at radius 1 is 1.12 bits per heavy atom. The minimum atomic E-state index is -0.757. The van der Waals surface area contributed by atoms with Gasteiger partial charge in [-0.05, 0) is 49.7 Å². The largest absolute Gasteiger partial charge is 0.494 e. The van der Waals surface area contributed by atoms with Crippen LogP contribution < -0.4 is 10.1 Å². The van der Waals surface area contributed by atoms with Gasteiger partial charge in [-0.3, -0.25) is 4.79 Å². The standard InChI is InChI=1S/C25H26N4O4/c1-4-14-33-19-12-10-17(11-13-19)22-20(15-29(28-22)18-8-6-5-7-9-18)23-21(24(30)32-3)16(2)26-25(31)27-23/h5-13,15,21,23H,4,14H2,1-3H3,(H,27,31). The normalized spacial score (nSPS) is 17.8. The molecule has 1 aliphatic heterocycles. The van der Waals surface area contributed by atoms with Crippen molar-refractivity contribution in [2.24, 2.45) is 10.9 Å². The second-order valence-electron chi connectivity index (χ2n) is 7.77. The van der Waals surface area contributed by atoms with Gasteiger partial charge >= 0.3 is 12.0 Å². The number of para-hydroxylation sites is 1. The molecular formula is C25H26N4O4. The predicted molar refractivity (Wildman–Crippen MR) is 125 cm³/mol. The molecule has 1 aromatic heterocycles. The molecule has 0 radical (unpaired) electrons. The van der Waals surface area contributed by atoms with E-state index in [1.54, 1.807) is 11.6 Å². The van der Waals surface area contributed by atoms with E-state index < -0.39 is 24.0 Å². The Morgan fingerprint density at radius 3 is 2.52 bits per heavy atom. The summed E-state index contributed by atoms with van der Waals surface area (Å²) in [4.78, 5) is 28.9. The third-order valence-corrected chi connectivity index (χ3v) is 5.49. The summed E-state index contributed by atoms with van der Waals surface area (Å²) >= 11 is 0. The zero-order valence-electron chi connectivity index (χ0n) is 18.8. The fraction of sp³-hybridized carbons (Fsp3) is 0.280. The van der Waals surface area contributed by atoms with Crippen LogP contribution in [-0.4, -0.2) is 41.2 Å². The van der Waals surface area contributed by atoms with Crippen LogP contribution in [0, 0.1) is 5.92 Å². The zero-order valence-corrected chi connectivity index (χ0v) is 18.8. The maximum Gasteiger partial charge on any atom is 0.341 e. The summed E-state index contributed by atoms with van der Waals surface area (Å²) < 4.78 is 12.5. The number of amides is 2. The fourth-order valence-electron chi connectivity index (χ4n) is 3.89. The summed E-state index contributed by atoms with van der Waals surface area (Å²) in [6.45, 7) is 4.35. The van der Waals surface area contributed by atoms with E-state index in [1.165, 1.54) is 7.11 Å². The minimum Gasteiger partial charge on any atom is -0.494 e. The Hall–Kier alpha value is -3.94. The van der Waals surface area contributed by atoms with Gasteiger partial charge in [0.25, 0.3) is 0 Å². The Labute approximate surface area is 192 Å². The molecule has 0 aliphatic carbocycles. The molecule has 0 saturated heterocycles. The summed E-state index contributed by atoms with van der Waals surface area (Å²) in [5.74, 6) is -0.457. The van der Waals surface area contributed by atoms with E-state index in [0.29, 0.717) is 23.6 Å². The number of benzene rings is 2. The van der Waals surface area contributed by atoms with Gasteiger partial charge in [0.05, 0.1) is 31.1 Å². The number of carbonyl (C=O) groups excluding carboxylic acids is 2. The van der Waals surface area contributed by atoms with Crippen molar-refractivity contribution in [3.05, 3.63) is 66.4 Å². The molecule has 3 aromatic rings. The van der Waals surface area contributed by atoms with Gasteiger partial charge < -0.3 is 14.8 Å². The van der Waals surface area contributed by atoms with E-state index in [1.807, 2.05) is 60.8 Å². The molecule has 0 spiro atoms. The maximum absolute atomic E-state index is 12.6. The van der Waals surface area contributed by atoms with Crippen molar-refractivity contribution in [3.8, 4) is 22.7 Å². The Kier molecular flexibility index (Phi) is 6.53. The van der Waals surface area contributed by atoms with Gasteiger partial charge in [0, 0.05) is 23.0 Å². The van der Waals surface area contributed by atoms with Gasteiger partial charge in [0.15, 0.2) is 0 Å². The lowest BCUT2D eigenvalue weighted by Gasteiger charge is -2.29. The second-order valence-corrected chi connectivity index (χ2v) is 7.77. The van der Waals surface area contributed by atoms with Crippen molar-refractivity contribution in [1.82, 2.24) is 15.1 Å². The molecule has 0 bridgehead atoms. The van der Waals surface area contributed by atoms with Gasteiger partial charge in [-0.15, -0.1) is 0 Å². The highest BCUT2D eigenvalue weighted by Gasteiger charge is 2.40. The Balaban J connectivity index is 1.82. The number of aromatic nitrogens is 2. The number of carbonyl (C=O) groups is 2. The SMILES string of the molecule is CCCOc1ccc(-c2nn(-c3ccccc3)cc2C2NC(=O)N=C(C)C2C(=O)OC)cc1. The van der Waals surface area contributed by atoms with Crippen LogP contribution in [0.1, 0.15) is 31.9 Å². The Bertz CT molecular complexity index is 1170. The number of hydrogen-bond donors (Lipinski definition) is 1. The summed E-state index contributed by atoms with van der Waals surface area (Å²) in [5.41, 5.74) is 3.43. The lowest BCUT2D eigenvalue weighted by atomic mass is 9.87. The first-order valence-corrected chi connectivity index (χ1v) is 10.8. The molecule has 33 heavy (non-hydrogen) atoms. The van der Waals surface area contributed by atoms with Crippen LogP contribution in [0.5, 0.6) is 5.75 Å². The van der Waals surface area contributed by atoms with Crippen LogP contribution in [0.4, 0.5) is 4.79 Å². The number of ether oxygens (including phenoxy) is 2. The third-order valence-electron chi connectivity index (χ3n) is 5.49. The maximum atomic E-state index is 12.6. The number of hydrogen-bond acceptors (Lipinski definition) is 5. The van der Waals surface area contributed by atoms with Gasteiger partial charge in [-0.2, -0.15) is 5.10 Å². The van der Waals surface area contributed by atoms with Gasteiger partial charge in [-0.1, -0.05) is 25.1 Å². The van der Waals surface area contributed by atoms with E-state index in [0.717, 1.165) is 23.4 Å². The number of nitrogens with zero attached hydrogens (tertiary/aromatic N) is 3. The Morgan fingerprint density at radius 2 is 1.85 bits per heavy atom. The molecule has 0 fully saturated rings. The van der Waals surface area contributed by atoms with E-state index >= 15 is 0 Å². The van der Waals surface area contributed by atoms with Crippen molar-refractivity contribution in [1.29, 1.82) is 0 Å². The van der Waals surface area contributed by atoms with Gasteiger partial charge in [0.2, 0.25) is 0 Å². The predicted octanol–water partition coefficient (Wildman–Crippen LogP) is 4.34. The van der Waals surface area contributed by atoms with Crippen LogP contribution in [0.15, 0.2) is 65.8 Å². The van der Waals surface area contributed by atoms with Gasteiger partial charge in [-0.25, -0.2) is 14.5 Å². The highest BCUT2D eigenvalue weighted by Crippen LogP contribution is 2.35. The molecule has 8 heteroatoms. The van der Waals surface area contributed by atoms with Crippen molar-refractivity contribution < 1.29 is 19.1 Å². The molecule has 2 atom stereocenters. The molecule has 1 aliphatic rings. The lowest BCUT2D eigenvalue weighted by molar-refractivity contribution is -0.143. The van der Waals surface area contributed by atoms with Crippen molar-refractivity contribution in [2.45, 2.75) is 26.3 Å². The lowest BCUT2D eigenvalue weighted by Crippen LogP contribution is -2.44. The van der Waals surface area contributed by atoms with E-state index in [-0.39, 0.29) is 0 Å².